The van der Waals surface area contributed by atoms with Crippen molar-refractivity contribution in [2.24, 2.45) is 0 Å². The number of pyridine rings is 1. The van der Waals surface area contributed by atoms with Gasteiger partial charge in [0.25, 0.3) is 0 Å². The molecule has 5 heterocycles. The van der Waals surface area contributed by atoms with Gasteiger partial charge in [-0.1, -0.05) is 6.07 Å². The highest BCUT2D eigenvalue weighted by molar-refractivity contribution is 7.18. The molecule has 0 spiro atoms. The molecule has 24 heavy (non-hydrogen) atoms. The van der Waals surface area contributed by atoms with Crippen molar-refractivity contribution < 1.29 is 0 Å². The number of hydrogen-bond acceptors (Lipinski definition) is 6. The predicted molar refractivity (Wildman–Crippen MR) is 99.5 cm³/mol. The maximum absolute atomic E-state index is 4.47. The Morgan fingerprint density at radius 2 is 2.00 bits per heavy atom. The van der Waals surface area contributed by atoms with Gasteiger partial charge < -0.3 is 0 Å². The molecule has 116 valence electrons. The van der Waals surface area contributed by atoms with Crippen molar-refractivity contribution in [2.45, 2.75) is 0 Å². The fourth-order valence-electron chi connectivity index (χ4n) is 2.74. The molecule has 0 saturated heterocycles. The van der Waals surface area contributed by atoms with Gasteiger partial charge in [-0.25, -0.2) is 9.97 Å². The highest BCUT2D eigenvalue weighted by atomic mass is 32.1. The van der Waals surface area contributed by atoms with Crippen molar-refractivity contribution in [1.29, 1.82) is 0 Å². The summed E-state index contributed by atoms with van der Waals surface area (Å²) in [6, 6.07) is 6.18. The first-order chi connectivity index (χ1) is 11.9. The van der Waals surface area contributed by atoms with Gasteiger partial charge >= 0.3 is 0 Å². The number of thiophene rings is 2. The minimum Gasteiger partial charge on any atom is -0.277 e. The molecule has 0 aromatic carbocycles. The molecule has 0 saturated carbocycles. The van der Waals surface area contributed by atoms with Gasteiger partial charge in [-0.3, -0.25) is 15.1 Å². The maximum atomic E-state index is 4.47. The minimum absolute atomic E-state index is 0.804. The van der Waals surface area contributed by atoms with Gasteiger partial charge in [0.05, 0.1) is 5.39 Å². The van der Waals surface area contributed by atoms with E-state index in [1.807, 2.05) is 29.3 Å². The van der Waals surface area contributed by atoms with E-state index in [-0.39, 0.29) is 0 Å². The van der Waals surface area contributed by atoms with Crippen LogP contribution in [0.3, 0.4) is 0 Å². The SMILES string of the molecule is c1csc(-c2csc3ncnc(Nn4cc5ccncc5c4)c23)c1. The van der Waals surface area contributed by atoms with Crippen LogP contribution < -0.4 is 5.43 Å². The average molecular weight is 349 g/mol. The smallest absolute Gasteiger partial charge is 0.157 e. The van der Waals surface area contributed by atoms with E-state index in [1.54, 1.807) is 35.2 Å². The number of hydrogen-bond donors (Lipinski definition) is 1. The first-order valence-corrected chi connectivity index (χ1v) is 9.09. The molecule has 0 aliphatic heterocycles. The van der Waals surface area contributed by atoms with E-state index in [0.717, 1.165) is 26.8 Å². The molecule has 5 rings (SSSR count). The first-order valence-electron chi connectivity index (χ1n) is 7.33. The Balaban J connectivity index is 1.65. The van der Waals surface area contributed by atoms with E-state index in [4.69, 9.17) is 0 Å². The molecule has 5 aromatic rings. The Labute approximate surface area is 145 Å². The number of rotatable bonds is 3. The molecule has 5 aromatic heterocycles. The van der Waals surface area contributed by atoms with Gasteiger partial charge in [0.15, 0.2) is 5.82 Å². The van der Waals surface area contributed by atoms with E-state index >= 15 is 0 Å². The van der Waals surface area contributed by atoms with Crippen molar-refractivity contribution in [3.05, 3.63) is 60.1 Å². The second kappa shape index (κ2) is 5.40. The van der Waals surface area contributed by atoms with E-state index < -0.39 is 0 Å². The second-order valence-corrected chi connectivity index (χ2v) is 7.12. The Morgan fingerprint density at radius 3 is 2.88 bits per heavy atom. The maximum Gasteiger partial charge on any atom is 0.157 e. The molecule has 0 radical (unpaired) electrons. The summed E-state index contributed by atoms with van der Waals surface area (Å²) in [5, 5.41) is 7.50. The summed E-state index contributed by atoms with van der Waals surface area (Å²) < 4.78 is 1.92. The standard InChI is InChI=1S/C17H11N5S2/c1-2-14(23-5-1)13-9-24-17-15(13)16(19-10-20-17)21-22-7-11-3-4-18-6-12(11)8-22/h1-10H,(H,19,20,21). The highest BCUT2D eigenvalue weighted by Gasteiger charge is 2.14. The third-order valence-electron chi connectivity index (χ3n) is 3.84. The zero-order chi connectivity index (χ0) is 15.9. The lowest BCUT2D eigenvalue weighted by Crippen LogP contribution is -2.07. The van der Waals surface area contributed by atoms with Crippen LogP contribution in [0.25, 0.3) is 31.4 Å². The number of aromatic nitrogens is 4. The third kappa shape index (κ3) is 2.17. The summed E-state index contributed by atoms with van der Waals surface area (Å²) in [5.41, 5.74) is 4.55. The van der Waals surface area contributed by atoms with Crippen LogP contribution in [0.15, 0.2) is 60.1 Å². The van der Waals surface area contributed by atoms with E-state index in [2.05, 4.69) is 43.3 Å². The molecule has 7 heteroatoms. The number of fused-ring (bicyclic) bond motifs is 2. The highest BCUT2D eigenvalue weighted by Crippen LogP contribution is 2.38. The average Bonchev–Trinajstić information content (AvgIpc) is 3.33. The number of nitrogens with zero attached hydrogens (tertiary/aromatic N) is 4. The van der Waals surface area contributed by atoms with Crippen molar-refractivity contribution >= 4 is 49.5 Å². The molecule has 0 bridgehead atoms. The first kappa shape index (κ1) is 13.6. The Hall–Kier alpha value is -2.77. The van der Waals surface area contributed by atoms with Crippen LogP contribution in [0.5, 0.6) is 0 Å². The van der Waals surface area contributed by atoms with Crippen molar-refractivity contribution in [3.63, 3.8) is 0 Å². The van der Waals surface area contributed by atoms with Gasteiger partial charge in [0.2, 0.25) is 0 Å². The quantitative estimate of drug-likeness (QED) is 0.515. The summed E-state index contributed by atoms with van der Waals surface area (Å²) in [6.07, 6.45) is 9.29. The van der Waals surface area contributed by atoms with Crippen molar-refractivity contribution in [3.8, 4) is 10.4 Å². The molecule has 0 aliphatic rings. The largest absolute Gasteiger partial charge is 0.277 e. The van der Waals surface area contributed by atoms with Crippen LogP contribution in [0, 0.1) is 0 Å². The molecule has 0 fully saturated rings. The van der Waals surface area contributed by atoms with E-state index in [1.165, 1.54) is 10.4 Å². The van der Waals surface area contributed by atoms with Gasteiger partial charge in [-0.2, -0.15) is 0 Å². The molecule has 0 aliphatic carbocycles. The van der Waals surface area contributed by atoms with Gasteiger partial charge in [0, 0.05) is 51.4 Å². The van der Waals surface area contributed by atoms with Crippen LogP contribution in [0.1, 0.15) is 0 Å². The zero-order valence-electron chi connectivity index (χ0n) is 12.4. The molecular formula is C17H11N5S2. The van der Waals surface area contributed by atoms with Crippen LogP contribution >= 0.6 is 22.7 Å². The van der Waals surface area contributed by atoms with Crippen LogP contribution in [-0.2, 0) is 0 Å². The minimum atomic E-state index is 0.804. The number of nitrogens with one attached hydrogen (secondary N) is 1. The summed E-state index contributed by atoms with van der Waals surface area (Å²) >= 11 is 3.36. The van der Waals surface area contributed by atoms with Crippen molar-refractivity contribution in [1.82, 2.24) is 19.6 Å². The van der Waals surface area contributed by atoms with E-state index in [9.17, 15) is 0 Å². The van der Waals surface area contributed by atoms with Gasteiger partial charge in [-0.05, 0) is 17.5 Å². The van der Waals surface area contributed by atoms with Gasteiger partial charge in [-0.15, -0.1) is 22.7 Å². The molecule has 0 unspecified atom stereocenters. The van der Waals surface area contributed by atoms with Crippen LogP contribution in [0.4, 0.5) is 5.82 Å². The molecule has 0 amide bonds. The second-order valence-electron chi connectivity index (χ2n) is 5.31. The fraction of sp³-hybridized carbons (Fsp3) is 0. The fourth-order valence-corrected chi connectivity index (χ4v) is 4.47. The van der Waals surface area contributed by atoms with E-state index in [0.29, 0.717) is 0 Å². The zero-order valence-corrected chi connectivity index (χ0v) is 14.0. The summed E-state index contributed by atoms with van der Waals surface area (Å²) in [7, 11) is 0. The third-order valence-corrected chi connectivity index (χ3v) is 5.62. The topological polar surface area (TPSA) is 55.6 Å². The summed E-state index contributed by atoms with van der Waals surface area (Å²) in [5.74, 6) is 0.804. The number of anilines is 1. The van der Waals surface area contributed by atoms with Crippen LogP contribution in [-0.4, -0.2) is 19.6 Å². The lowest BCUT2D eigenvalue weighted by molar-refractivity contribution is 0.959. The van der Waals surface area contributed by atoms with Crippen LogP contribution in [0.2, 0.25) is 0 Å². The Kier molecular flexibility index (Phi) is 3.07. The lowest BCUT2D eigenvalue weighted by Gasteiger charge is -2.08. The normalized spacial score (nSPS) is 11.3. The lowest BCUT2D eigenvalue weighted by atomic mass is 10.2. The van der Waals surface area contributed by atoms with Crippen molar-refractivity contribution in [2.75, 3.05) is 5.43 Å². The monoisotopic (exact) mass is 349 g/mol. The molecule has 5 nitrogen and oxygen atoms in total. The summed E-state index contributed by atoms with van der Waals surface area (Å²) in [4.78, 5) is 15.2. The Morgan fingerprint density at radius 1 is 1.04 bits per heavy atom. The summed E-state index contributed by atoms with van der Waals surface area (Å²) in [6.45, 7) is 0. The molecule has 0 atom stereocenters. The Bertz CT molecular complexity index is 1110. The predicted octanol–water partition coefficient (Wildman–Crippen LogP) is 4.64. The molecular weight excluding hydrogens is 338 g/mol. The van der Waals surface area contributed by atoms with Gasteiger partial charge in [0.1, 0.15) is 11.2 Å². The molecule has 1 N–H and O–H groups in total.